The van der Waals surface area contributed by atoms with Crippen molar-refractivity contribution in [2.75, 3.05) is 11.9 Å². The summed E-state index contributed by atoms with van der Waals surface area (Å²) in [4.78, 5) is 10.4. The molecule has 21 heavy (non-hydrogen) atoms. The number of rotatable bonds is 5. The molecule has 0 bridgehead atoms. The van der Waals surface area contributed by atoms with Crippen LogP contribution in [0.1, 0.15) is 6.92 Å². The summed E-state index contributed by atoms with van der Waals surface area (Å²) >= 11 is 3.22. The lowest BCUT2D eigenvalue weighted by Crippen LogP contribution is -1.99. The summed E-state index contributed by atoms with van der Waals surface area (Å²) in [5.74, 6) is -0.362. The number of nitro benzene ring substituents is 1. The van der Waals surface area contributed by atoms with Crippen LogP contribution < -0.4 is 10.1 Å². The van der Waals surface area contributed by atoms with Crippen molar-refractivity contribution < 1.29 is 14.1 Å². The Morgan fingerprint density at radius 3 is 2.76 bits per heavy atom. The molecule has 7 heteroatoms. The van der Waals surface area contributed by atoms with Gasteiger partial charge in [0, 0.05) is 28.8 Å². The smallest absolute Gasteiger partial charge is 0.275 e. The van der Waals surface area contributed by atoms with Crippen LogP contribution in [0, 0.1) is 15.9 Å². The van der Waals surface area contributed by atoms with Crippen molar-refractivity contribution in [2.45, 2.75) is 6.92 Å². The Bertz CT molecular complexity index is 679. The molecular weight excluding hydrogens is 343 g/mol. The molecule has 2 aromatic rings. The van der Waals surface area contributed by atoms with E-state index in [4.69, 9.17) is 4.74 Å². The Kier molecular flexibility index (Phi) is 4.74. The Morgan fingerprint density at radius 2 is 2.10 bits per heavy atom. The van der Waals surface area contributed by atoms with E-state index in [1.807, 2.05) is 6.92 Å². The lowest BCUT2D eigenvalue weighted by molar-refractivity contribution is -0.384. The number of nitro groups is 1. The van der Waals surface area contributed by atoms with Gasteiger partial charge in [-0.1, -0.05) is 15.9 Å². The van der Waals surface area contributed by atoms with E-state index in [1.165, 1.54) is 24.3 Å². The molecule has 5 nitrogen and oxygen atoms in total. The van der Waals surface area contributed by atoms with Crippen LogP contribution in [0.25, 0.3) is 0 Å². The molecule has 0 aromatic heterocycles. The molecule has 0 heterocycles. The lowest BCUT2D eigenvalue weighted by atomic mass is 10.2. The van der Waals surface area contributed by atoms with Crippen LogP contribution in [0.4, 0.5) is 15.8 Å². The van der Waals surface area contributed by atoms with Crippen LogP contribution >= 0.6 is 15.9 Å². The van der Waals surface area contributed by atoms with Gasteiger partial charge in [0.15, 0.2) is 11.6 Å². The highest BCUT2D eigenvalue weighted by molar-refractivity contribution is 9.10. The number of ether oxygens (including phenoxy) is 1. The first kappa shape index (κ1) is 15.2. The van der Waals surface area contributed by atoms with E-state index in [0.717, 1.165) is 0 Å². The molecule has 0 unspecified atom stereocenters. The first-order chi connectivity index (χ1) is 9.99. The van der Waals surface area contributed by atoms with Crippen LogP contribution in [0.5, 0.6) is 11.5 Å². The normalized spacial score (nSPS) is 10.2. The van der Waals surface area contributed by atoms with Gasteiger partial charge in [-0.05, 0) is 25.1 Å². The maximum absolute atomic E-state index is 13.7. The molecule has 0 atom stereocenters. The second kappa shape index (κ2) is 6.53. The van der Waals surface area contributed by atoms with Crippen molar-refractivity contribution in [3.05, 3.63) is 56.8 Å². The quantitative estimate of drug-likeness (QED) is 0.623. The van der Waals surface area contributed by atoms with Gasteiger partial charge in [0.1, 0.15) is 5.75 Å². The summed E-state index contributed by atoms with van der Waals surface area (Å²) < 4.78 is 19.7. The fraction of sp³-hybridized carbons (Fsp3) is 0.143. The molecule has 1 N–H and O–H groups in total. The molecule has 0 amide bonds. The summed E-state index contributed by atoms with van der Waals surface area (Å²) in [7, 11) is 0. The third kappa shape index (κ3) is 3.91. The molecule has 110 valence electrons. The maximum atomic E-state index is 13.7. The van der Waals surface area contributed by atoms with Crippen molar-refractivity contribution in [3.63, 3.8) is 0 Å². The zero-order chi connectivity index (χ0) is 15.4. The molecule has 0 aliphatic heterocycles. The van der Waals surface area contributed by atoms with Gasteiger partial charge in [-0.3, -0.25) is 10.1 Å². The Hall–Kier alpha value is -2.15. The van der Waals surface area contributed by atoms with E-state index in [-0.39, 0.29) is 17.2 Å². The van der Waals surface area contributed by atoms with E-state index < -0.39 is 10.7 Å². The summed E-state index contributed by atoms with van der Waals surface area (Å²) in [6.07, 6.45) is 0. The van der Waals surface area contributed by atoms with Gasteiger partial charge in [0.2, 0.25) is 0 Å². The molecule has 0 saturated carbocycles. The second-order valence-corrected chi connectivity index (χ2v) is 5.10. The highest BCUT2D eigenvalue weighted by Crippen LogP contribution is 2.32. The van der Waals surface area contributed by atoms with Crippen LogP contribution in [0.15, 0.2) is 40.9 Å². The van der Waals surface area contributed by atoms with Gasteiger partial charge in [0.25, 0.3) is 5.69 Å². The number of benzene rings is 2. The predicted molar refractivity (Wildman–Crippen MR) is 81.4 cm³/mol. The standard InChI is InChI=1S/C14H12BrFN2O3/c1-2-17-10-6-11(18(19)20)8-12(7-10)21-14-5-9(15)3-4-13(14)16/h3-8,17H,2H2,1H3. The van der Waals surface area contributed by atoms with Gasteiger partial charge in [-0.25, -0.2) is 4.39 Å². The van der Waals surface area contributed by atoms with Crippen molar-refractivity contribution >= 4 is 27.3 Å². The van der Waals surface area contributed by atoms with Crippen molar-refractivity contribution in [2.24, 2.45) is 0 Å². The van der Waals surface area contributed by atoms with Crippen LogP contribution in [0.3, 0.4) is 0 Å². The lowest BCUT2D eigenvalue weighted by Gasteiger charge is -2.10. The minimum absolute atomic E-state index is 0.00711. The fourth-order valence-corrected chi connectivity index (χ4v) is 2.08. The third-order valence-corrected chi connectivity index (χ3v) is 3.10. The number of anilines is 1. The molecule has 0 fully saturated rings. The maximum Gasteiger partial charge on any atom is 0.275 e. The van der Waals surface area contributed by atoms with Gasteiger partial charge >= 0.3 is 0 Å². The first-order valence-electron chi connectivity index (χ1n) is 6.16. The molecule has 0 radical (unpaired) electrons. The predicted octanol–water partition coefficient (Wildman–Crippen LogP) is 4.72. The van der Waals surface area contributed by atoms with Crippen LogP contribution in [0.2, 0.25) is 0 Å². The highest BCUT2D eigenvalue weighted by atomic mass is 79.9. The highest BCUT2D eigenvalue weighted by Gasteiger charge is 2.13. The summed E-state index contributed by atoms with van der Waals surface area (Å²) in [6.45, 7) is 2.47. The largest absolute Gasteiger partial charge is 0.454 e. The number of nitrogens with zero attached hydrogens (tertiary/aromatic N) is 1. The molecule has 0 saturated heterocycles. The zero-order valence-electron chi connectivity index (χ0n) is 11.1. The van der Waals surface area contributed by atoms with Crippen molar-refractivity contribution in [1.82, 2.24) is 0 Å². The number of non-ortho nitro benzene ring substituents is 1. The molecule has 0 aliphatic carbocycles. The molecule has 0 spiro atoms. The van der Waals surface area contributed by atoms with Crippen LogP contribution in [-0.2, 0) is 0 Å². The van der Waals surface area contributed by atoms with Gasteiger partial charge in [0.05, 0.1) is 11.0 Å². The Morgan fingerprint density at radius 1 is 1.33 bits per heavy atom. The third-order valence-electron chi connectivity index (χ3n) is 2.60. The SMILES string of the molecule is CCNc1cc(Oc2cc(Br)ccc2F)cc([N+](=O)[O-])c1. The fourth-order valence-electron chi connectivity index (χ4n) is 1.74. The molecule has 0 aliphatic rings. The molecule has 2 aromatic carbocycles. The van der Waals surface area contributed by atoms with Gasteiger partial charge < -0.3 is 10.1 Å². The van der Waals surface area contributed by atoms with Crippen LogP contribution in [-0.4, -0.2) is 11.5 Å². The minimum Gasteiger partial charge on any atom is -0.454 e. The number of nitrogens with one attached hydrogen (secondary N) is 1. The summed E-state index contributed by atoms with van der Waals surface area (Å²) in [5.41, 5.74) is 0.413. The van der Waals surface area contributed by atoms with Crippen molar-refractivity contribution in [3.8, 4) is 11.5 Å². The molecule has 2 rings (SSSR count). The Balaban J connectivity index is 2.38. The molecular formula is C14H12BrFN2O3. The average Bonchev–Trinajstić information content (AvgIpc) is 2.43. The first-order valence-corrected chi connectivity index (χ1v) is 6.95. The Labute approximate surface area is 129 Å². The van der Waals surface area contributed by atoms with Gasteiger partial charge in [-0.15, -0.1) is 0 Å². The van der Waals surface area contributed by atoms with Gasteiger partial charge in [-0.2, -0.15) is 0 Å². The minimum atomic E-state index is -0.547. The van der Waals surface area contributed by atoms with E-state index in [1.54, 1.807) is 12.1 Å². The number of hydrogen-bond donors (Lipinski definition) is 1. The van der Waals surface area contributed by atoms with E-state index in [9.17, 15) is 14.5 Å². The van der Waals surface area contributed by atoms with E-state index in [0.29, 0.717) is 16.7 Å². The second-order valence-electron chi connectivity index (χ2n) is 4.18. The van der Waals surface area contributed by atoms with E-state index >= 15 is 0 Å². The average molecular weight is 355 g/mol. The zero-order valence-corrected chi connectivity index (χ0v) is 12.7. The summed E-state index contributed by atoms with van der Waals surface area (Å²) in [6, 6.07) is 8.48. The number of hydrogen-bond acceptors (Lipinski definition) is 4. The monoisotopic (exact) mass is 354 g/mol. The van der Waals surface area contributed by atoms with E-state index in [2.05, 4.69) is 21.2 Å². The summed E-state index contributed by atoms with van der Waals surface area (Å²) in [5, 5.41) is 13.9. The topological polar surface area (TPSA) is 64.4 Å². The number of halogens is 2. The van der Waals surface area contributed by atoms with Crippen molar-refractivity contribution in [1.29, 1.82) is 0 Å².